The third-order valence-corrected chi connectivity index (χ3v) is 6.38. The van der Waals surface area contributed by atoms with Crippen molar-refractivity contribution in [3.63, 3.8) is 0 Å². The molecule has 0 unspecified atom stereocenters. The Labute approximate surface area is 105 Å². The molecule has 4 bridgehead atoms. The Hall–Kier alpha value is -0.0500. The minimum Gasteiger partial charge on any atom is -0.468 e. The average Bonchev–Trinajstić information content (AvgIpc) is 2.25. The topological polar surface area (TPSA) is 26.3 Å². The molecule has 4 rings (SSSR count). The lowest BCUT2D eigenvalue weighted by Gasteiger charge is -2.57. The zero-order valence-electron chi connectivity index (χ0n) is 9.75. The number of halogens is 1. The molecule has 0 saturated heterocycles. The standard InChI is InChI=1S/C13H19BrO2/c1-16-12(15)11(14)13-5-8-2-9(6-13)4-10(3-8)7-13/h8-11H,2-7H2,1H3/t8?,9?,10?,11-,13?/m1/s1. The molecular formula is C13H19BrO2. The van der Waals surface area contributed by atoms with Crippen LogP contribution in [0.2, 0.25) is 0 Å². The molecule has 0 amide bonds. The first kappa shape index (κ1) is 11.1. The summed E-state index contributed by atoms with van der Waals surface area (Å²) in [5, 5.41) is 0. The van der Waals surface area contributed by atoms with Crippen molar-refractivity contribution in [2.45, 2.75) is 43.4 Å². The van der Waals surface area contributed by atoms with Gasteiger partial charge in [0.15, 0.2) is 0 Å². The lowest BCUT2D eigenvalue weighted by Crippen LogP contribution is -2.52. The van der Waals surface area contributed by atoms with Crippen LogP contribution in [-0.4, -0.2) is 17.9 Å². The number of carbonyl (C=O) groups is 1. The molecule has 0 aromatic heterocycles. The van der Waals surface area contributed by atoms with Gasteiger partial charge in [-0.25, -0.2) is 0 Å². The highest BCUT2D eigenvalue weighted by Gasteiger charge is 2.55. The predicted molar refractivity (Wildman–Crippen MR) is 65.3 cm³/mol. The first-order valence-corrected chi connectivity index (χ1v) is 7.26. The van der Waals surface area contributed by atoms with E-state index in [1.54, 1.807) is 0 Å². The summed E-state index contributed by atoms with van der Waals surface area (Å²) in [6.07, 6.45) is 7.97. The molecule has 0 heterocycles. The Morgan fingerprint density at radius 3 is 2.00 bits per heavy atom. The van der Waals surface area contributed by atoms with Gasteiger partial charge in [-0.05, 0) is 61.7 Å². The number of rotatable bonds is 2. The van der Waals surface area contributed by atoms with Gasteiger partial charge >= 0.3 is 5.97 Å². The quantitative estimate of drug-likeness (QED) is 0.576. The molecule has 0 aromatic rings. The molecule has 0 aromatic carbocycles. The molecule has 4 aliphatic carbocycles. The molecule has 16 heavy (non-hydrogen) atoms. The van der Waals surface area contributed by atoms with Gasteiger partial charge in [0.05, 0.1) is 7.11 Å². The van der Waals surface area contributed by atoms with Crippen LogP contribution in [0.5, 0.6) is 0 Å². The van der Waals surface area contributed by atoms with Crippen LogP contribution in [0.3, 0.4) is 0 Å². The Kier molecular flexibility index (Phi) is 2.58. The molecular weight excluding hydrogens is 268 g/mol. The zero-order chi connectivity index (χ0) is 11.3. The first-order valence-electron chi connectivity index (χ1n) is 6.35. The van der Waals surface area contributed by atoms with E-state index in [0.29, 0.717) is 0 Å². The molecule has 0 spiro atoms. The molecule has 90 valence electrons. The fraction of sp³-hybridized carbons (Fsp3) is 0.923. The van der Waals surface area contributed by atoms with Crippen LogP contribution in [0.1, 0.15) is 38.5 Å². The molecule has 0 aliphatic heterocycles. The van der Waals surface area contributed by atoms with Crippen molar-refractivity contribution in [3.05, 3.63) is 0 Å². The highest BCUT2D eigenvalue weighted by molar-refractivity contribution is 9.10. The van der Waals surface area contributed by atoms with E-state index in [1.165, 1.54) is 45.6 Å². The van der Waals surface area contributed by atoms with Crippen LogP contribution in [0, 0.1) is 23.2 Å². The fourth-order valence-corrected chi connectivity index (χ4v) is 5.59. The molecule has 0 radical (unpaired) electrons. The van der Waals surface area contributed by atoms with E-state index in [4.69, 9.17) is 4.74 Å². The molecule has 2 nitrogen and oxygen atoms in total. The Bertz CT molecular complexity index is 278. The number of hydrogen-bond donors (Lipinski definition) is 0. The maximum atomic E-state index is 11.8. The Morgan fingerprint density at radius 2 is 1.62 bits per heavy atom. The molecule has 3 heteroatoms. The van der Waals surface area contributed by atoms with Gasteiger partial charge in [0.2, 0.25) is 0 Å². The molecule has 4 fully saturated rings. The third kappa shape index (κ3) is 1.54. The second-order valence-corrected chi connectivity index (χ2v) is 7.08. The van der Waals surface area contributed by atoms with Gasteiger partial charge in [0.25, 0.3) is 0 Å². The van der Waals surface area contributed by atoms with Gasteiger partial charge in [-0.2, -0.15) is 0 Å². The van der Waals surface area contributed by atoms with Crippen LogP contribution in [0.25, 0.3) is 0 Å². The lowest BCUT2D eigenvalue weighted by molar-refractivity contribution is -0.147. The highest BCUT2D eigenvalue weighted by atomic mass is 79.9. The van der Waals surface area contributed by atoms with E-state index in [2.05, 4.69) is 15.9 Å². The lowest BCUT2D eigenvalue weighted by atomic mass is 9.49. The number of alkyl halides is 1. The van der Waals surface area contributed by atoms with Crippen LogP contribution in [0.4, 0.5) is 0 Å². The largest absolute Gasteiger partial charge is 0.468 e. The van der Waals surface area contributed by atoms with Gasteiger partial charge in [-0.1, -0.05) is 15.9 Å². The summed E-state index contributed by atoms with van der Waals surface area (Å²) in [4.78, 5) is 11.7. The molecule has 4 aliphatic rings. The smallest absolute Gasteiger partial charge is 0.320 e. The summed E-state index contributed by atoms with van der Waals surface area (Å²) in [6, 6.07) is 0. The van der Waals surface area contributed by atoms with E-state index in [9.17, 15) is 4.79 Å². The first-order chi connectivity index (χ1) is 7.63. The van der Waals surface area contributed by atoms with Crippen molar-refractivity contribution in [1.82, 2.24) is 0 Å². The number of methoxy groups -OCH3 is 1. The van der Waals surface area contributed by atoms with Crippen molar-refractivity contribution >= 4 is 21.9 Å². The Morgan fingerprint density at radius 1 is 1.19 bits per heavy atom. The summed E-state index contributed by atoms with van der Waals surface area (Å²) in [5.74, 6) is 2.59. The van der Waals surface area contributed by atoms with E-state index in [0.717, 1.165) is 17.8 Å². The molecule has 4 saturated carbocycles. The number of esters is 1. The maximum Gasteiger partial charge on any atom is 0.320 e. The minimum atomic E-state index is -0.0709. The second-order valence-electron chi connectivity index (χ2n) is 6.17. The van der Waals surface area contributed by atoms with Gasteiger partial charge < -0.3 is 4.74 Å². The minimum absolute atomic E-state index is 0.0676. The van der Waals surface area contributed by atoms with Gasteiger partial charge in [-0.15, -0.1) is 0 Å². The Balaban J connectivity index is 1.85. The van der Waals surface area contributed by atoms with Crippen LogP contribution < -0.4 is 0 Å². The van der Waals surface area contributed by atoms with E-state index >= 15 is 0 Å². The zero-order valence-corrected chi connectivity index (χ0v) is 11.3. The number of hydrogen-bond acceptors (Lipinski definition) is 2. The van der Waals surface area contributed by atoms with Crippen molar-refractivity contribution in [2.24, 2.45) is 23.2 Å². The van der Waals surface area contributed by atoms with E-state index < -0.39 is 0 Å². The van der Waals surface area contributed by atoms with Gasteiger partial charge in [0, 0.05) is 0 Å². The summed E-state index contributed by atoms with van der Waals surface area (Å²) in [5.41, 5.74) is 0.224. The summed E-state index contributed by atoms with van der Waals surface area (Å²) in [7, 11) is 1.50. The van der Waals surface area contributed by atoms with Crippen molar-refractivity contribution < 1.29 is 9.53 Å². The SMILES string of the molecule is COC(=O)[C@@H](Br)C12CC3CC(CC(C3)C1)C2. The number of carbonyl (C=O) groups excluding carboxylic acids is 1. The summed E-state index contributed by atoms with van der Waals surface area (Å²) >= 11 is 3.62. The summed E-state index contributed by atoms with van der Waals surface area (Å²) in [6.45, 7) is 0. The van der Waals surface area contributed by atoms with Crippen LogP contribution in [0.15, 0.2) is 0 Å². The molecule has 0 N–H and O–H groups in total. The molecule has 1 atom stereocenters. The third-order valence-electron chi connectivity index (χ3n) is 5.03. The van der Waals surface area contributed by atoms with Crippen LogP contribution >= 0.6 is 15.9 Å². The van der Waals surface area contributed by atoms with E-state index in [1.807, 2.05) is 0 Å². The van der Waals surface area contributed by atoms with Gasteiger partial charge in [0.1, 0.15) is 4.83 Å². The average molecular weight is 287 g/mol. The van der Waals surface area contributed by atoms with Gasteiger partial charge in [-0.3, -0.25) is 4.79 Å². The van der Waals surface area contributed by atoms with E-state index in [-0.39, 0.29) is 16.2 Å². The summed E-state index contributed by atoms with van der Waals surface area (Å²) < 4.78 is 4.92. The van der Waals surface area contributed by atoms with Crippen LogP contribution in [-0.2, 0) is 9.53 Å². The second kappa shape index (κ2) is 3.72. The predicted octanol–water partition coefficient (Wildman–Crippen LogP) is 3.14. The monoisotopic (exact) mass is 286 g/mol. The highest BCUT2D eigenvalue weighted by Crippen LogP contribution is 2.62. The normalized spacial score (nSPS) is 46.8. The maximum absolute atomic E-state index is 11.8. The number of ether oxygens (including phenoxy) is 1. The van der Waals surface area contributed by atoms with Crippen molar-refractivity contribution in [1.29, 1.82) is 0 Å². The van der Waals surface area contributed by atoms with Crippen molar-refractivity contribution in [2.75, 3.05) is 7.11 Å². The fourth-order valence-electron chi connectivity index (χ4n) is 4.84. The van der Waals surface area contributed by atoms with Crippen molar-refractivity contribution in [3.8, 4) is 0 Å².